The molecule has 24 heavy (non-hydrogen) atoms. The van der Waals surface area contributed by atoms with Crippen LogP contribution in [0.15, 0.2) is 78.0 Å². The highest BCUT2D eigenvalue weighted by atomic mass is 32.2. The number of hydrogen-bond donors (Lipinski definition) is 1. The Labute approximate surface area is 144 Å². The van der Waals surface area contributed by atoms with E-state index in [0.29, 0.717) is 11.0 Å². The lowest BCUT2D eigenvalue weighted by molar-refractivity contribution is 0.849. The van der Waals surface area contributed by atoms with Crippen LogP contribution in [-0.4, -0.2) is 14.9 Å². The molecule has 5 heteroatoms. The van der Waals surface area contributed by atoms with Gasteiger partial charge in [-0.1, -0.05) is 84.6 Å². The number of rotatable bonds is 4. The third-order valence-electron chi connectivity index (χ3n) is 3.88. The Kier molecular flexibility index (Phi) is 3.92. The highest BCUT2D eigenvalue weighted by Crippen LogP contribution is 2.25. The van der Waals surface area contributed by atoms with Gasteiger partial charge < -0.3 is 5.84 Å². The molecular formula is C19H16N4S. The van der Waals surface area contributed by atoms with E-state index >= 15 is 0 Å². The molecular weight excluding hydrogens is 316 g/mol. The molecule has 0 saturated carbocycles. The maximum Gasteiger partial charge on any atom is 0.210 e. The Hall–Kier alpha value is -2.79. The van der Waals surface area contributed by atoms with E-state index in [-0.39, 0.29) is 0 Å². The van der Waals surface area contributed by atoms with Gasteiger partial charge in [0.2, 0.25) is 5.16 Å². The molecule has 0 unspecified atom stereocenters. The van der Waals surface area contributed by atoms with E-state index in [0.717, 1.165) is 11.3 Å². The van der Waals surface area contributed by atoms with Crippen molar-refractivity contribution in [2.75, 3.05) is 5.84 Å². The number of fused-ring (bicyclic) bond motifs is 1. The molecule has 0 atom stereocenters. The number of nitrogen functional groups attached to an aromatic ring is 1. The number of nitrogens with zero attached hydrogens (tertiary/aromatic N) is 3. The minimum absolute atomic E-state index is 0.677. The highest BCUT2D eigenvalue weighted by Gasteiger charge is 2.12. The lowest BCUT2D eigenvalue weighted by Gasteiger charge is -2.05. The van der Waals surface area contributed by atoms with Crippen molar-refractivity contribution >= 4 is 22.5 Å². The highest BCUT2D eigenvalue weighted by molar-refractivity contribution is 7.98. The van der Waals surface area contributed by atoms with Crippen molar-refractivity contribution in [1.29, 1.82) is 0 Å². The molecule has 0 radical (unpaired) electrons. The number of benzene rings is 3. The Balaban J connectivity index is 1.54. The SMILES string of the molecule is Nn1c(SCc2ccc3ccccc3c2)nnc1-c1ccccc1. The molecule has 0 aliphatic rings. The molecule has 2 N–H and O–H groups in total. The smallest absolute Gasteiger partial charge is 0.210 e. The maximum atomic E-state index is 6.16. The van der Waals surface area contributed by atoms with Gasteiger partial charge in [0, 0.05) is 11.3 Å². The third kappa shape index (κ3) is 2.86. The second-order valence-electron chi connectivity index (χ2n) is 5.51. The monoisotopic (exact) mass is 332 g/mol. The average Bonchev–Trinajstić information content (AvgIpc) is 3.01. The summed E-state index contributed by atoms with van der Waals surface area (Å²) in [6.45, 7) is 0. The summed E-state index contributed by atoms with van der Waals surface area (Å²) in [5, 5.41) is 11.6. The summed E-state index contributed by atoms with van der Waals surface area (Å²) in [5.74, 6) is 7.64. The van der Waals surface area contributed by atoms with E-state index in [1.54, 1.807) is 16.4 Å². The molecule has 0 amide bonds. The fourth-order valence-corrected chi connectivity index (χ4v) is 3.44. The van der Waals surface area contributed by atoms with Crippen molar-refractivity contribution in [3.63, 3.8) is 0 Å². The van der Waals surface area contributed by atoms with Gasteiger partial charge in [-0.3, -0.25) is 0 Å². The van der Waals surface area contributed by atoms with Crippen LogP contribution >= 0.6 is 11.8 Å². The standard InChI is InChI=1S/C19H16N4S/c20-23-18(16-7-2-1-3-8-16)21-22-19(23)24-13-14-10-11-15-6-4-5-9-17(15)12-14/h1-12H,13,20H2. The van der Waals surface area contributed by atoms with Gasteiger partial charge in [-0.15, -0.1) is 10.2 Å². The van der Waals surface area contributed by atoms with Crippen LogP contribution in [0.3, 0.4) is 0 Å². The first kappa shape index (κ1) is 14.8. The zero-order valence-electron chi connectivity index (χ0n) is 13.0. The van der Waals surface area contributed by atoms with Crippen molar-refractivity contribution < 1.29 is 0 Å². The Morgan fingerprint density at radius 2 is 1.58 bits per heavy atom. The van der Waals surface area contributed by atoms with E-state index in [1.807, 2.05) is 30.3 Å². The van der Waals surface area contributed by atoms with Gasteiger partial charge in [0.1, 0.15) is 0 Å². The summed E-state index contributed by atoms with van der Waals surface area (Å²) in [6.07, 6.45) is 0. The van der Waals surface area contributed by atoms with Gasteiger partial charge in [0.05, 0.1) is 0 Å². The maximum absolute atomic E-state index is 6.16. The normalized spacial score (nSPS) is 11.0. The minimum atomic E-state index is 0.677. The average molecular weight is 332 g/mol. The predicted octanol–water partition coefficient (Wildman–Crippen LogP) is 4.10. The quantitative estimate of drug-likeness (QED) is 0.451. The van der Waals surface area contributed by atoms with Gasteiger partial charge >= 0.3 is 0 Å². The van der Waals surface area contributed by atoms with Crippen LogP contribution in [0, 0.1) is 0 Å². The van der Waals surface area contributed by atoms with Crippen LogP contribution in [0.5, 0.6) is 0 Å². The van der Waals surface area contributed by atoms with Crippen molar-refractivity contribution in [1.82, 2.24) is 14.9 Å². The van der Waals surface area contributed by atoms with E-state index < -0.39 is 0 Å². The molecule has 118 valence electrons. The van der Waals surface area contributed by atoms with Crippen molar-refractivity contribution in [2.24, 2.45) is 0 Å². The molecule has 1 heterocycles. The van der Waals surface area contributed by atoms with Crippen molar-refractivity contribution in [3.05, 3.63) is 78.4 Å². The molecule has 4 aromatic rings. The molecule has 1 aromatic heterocycles. The van der Waals surface area contributed by atoms with E-state index in [1.165, 1.54) is 16.3 Å². The summed E-state index contributed by atoms with van der Waals surface area (Å²) in [6, 6.07) is 24.7. The summed E-state index contributed by atoms with van der Waals surface area (Å²) < 4.78 is 1.56. The van der Waals surface area contributed by atoms with Gasteiger partial charge in [-0.05, 0) is 16.3 Å². The van der Waals surface area contributed by atoms with Crippen LogP contribution < -0.4 is 5.84 Å². The topological polar surface area (TPSA) is 56.7 Å². The van der Waals surface area contributed by atoms with Crippen LogP contribution in [-0.2, 0) is 5.75 Å². The lowest BCUT2D eigenvalue weighted by atomic mass is 10.1. The van der Waals surface area contributed by atoms with E-state index in [4.69, 9.17) is 5.84 Å². The number of aromatic nitrogens is 3. The summed E-state index contributed by atoms with van der Waals surface area (Å²) in [4.78, 5) is 0. The zero-order valence-corrected chi connectivity index (χ0v) is 13.8. The fourth-order valence-electron chi connectivity index (χ4n) is 2.64. The van der Waals surface area contributed by atoms with Crippen molar-refractivity contribution in [3.8, 4) is 11.4 Å². The molecule has 0 aliphatic heterocycles. The molecule has 0 spiro atoms. The molecule has 4 nitrogen and oxygen atoms in total. The van der Waals surface area contributed by atoms with Crippen LogP contribution in [0.1, 0.15) is 5.56 Å². The second kappa shape index (κ2) is 6.37. The van der Waals surface area contributed by atoms with Crippen LogP contribution in [0.4, 0.5) is 0 Å². The van der Waals surface area contributed by atoms with Gasteiger partial charge in [0.25, 0.3) is 0 Å². The first-order valence-corrected chi connectivity index (χ1v) is 8.66. The molecule has 0 fully saturated rings. The number of nitrogens with two attached hydrogens (primary N) is 1. The second-order valence-corrected chi connectivity index (χ2v) is 6.45. The first-order chi connectivity index (χ1) is 11.8. The Morgan fingerprint density at radius 3 is 2.42 bits per heavy atom. The zero-order chi connectivity index (χ0) is 16.4. The minimum Gasteiger partial charge on any atom is -0.335 e. The third-order valence-corrected chi connectivity index (χ3v) is 4.89. The van der Waals surface area contributed by atoms with Crippen LogP contribution in [0.2, 0.25) is 0 Å². The van der Waals surface area contributed by atoms with Crippen molar-refractivity contribution in [2.45, 2.75) is 10.9 Å². The largest absolute Gasteiger partial charge is 0.335 e. The summed E-state index contributed by atoms with van der Waals surface area (Å²) in [5.41, 5.74) is 2.20. The Morgan fingerprint density at radius 1 is 0.833 bits per heavy atom. The molecule has 4 rings (SSSR count). The molecule has 0 saturated heterocycles. The lowest BCUT2D eigenvalue weighted by Crippen LogP contribution is -2.11. The number of thioether (sulfide) groups is 1. The van der Waals surface area contributed by atoms with E-state index in [2.05, 4.69) is 52.7 Å². The van der Waals surface area contributed by atoms with Gasteiger partial charge in [-0.25, -0.2) is 4.68 Å². The molecule has 3 aromatic carbocycles. The summed E-state index contributed by atoms with van der Waals surface area (Å²) >= 11 is 1.59. The summed E-state index contributed by atoms with van der Waals surface area (Å²) in [7, 11) is 0. The van der Waals surface area contributed by atoms with Gasteiger partial charge in [-0.2, -0.15) is 0 Å². The Bertz CT molecular complexity index is 979. The van der Waals surface area contributed by atoms with E-state index in [9.17, 15) is 0 Å². The molecule has 0 bridgehead atoms. The fraction of sp³-hybridized carbons (Fsp3) is 0.0526. The first-order valence-electron chi connectivity index (χ1n) is 7.68. The number of hydrogen-bond acceptors (Lipinski definition) is 4. The van der Waals surface area contributed by atoms with Crippen LogP contribution in [0.25, 0.3) is 22.2 Å². The predicted molar refractivity (Wildman–Crippen MR) is 99.1 cm³/mol. The molecule has 0 aliphatic carbocycles. The van der Waals surface area contributed by atoms with Gasteiger partial charge in [0.15, 0.2) is 5.82 Å².